The fourth-order valence-electron chi connectivity index (χ4n) is 1.49. The maximum absolute atomic E-state index is 6.08. The van der Waals surface area contributed by atoms with Crippen LogP contribution in [0.4, 0.5) is 0 Å². The molecule has 14 heavy (non-hydrogen) atoms. The molecule has 0 bridgehead atoms. The van der Waals surface area contributed by atoms with Gasteiger partial charge in [0.15, 0.2) is 0 Å². The number of halogens is 1. The molecule has 0 atom stereocenters. The van der Waals surface area contributed by atoms with Crippen molar-refractivity contribution in [1.82, 2.24) is 9.38 Å². The number of aryl methyl sites for hydroxylation is 1. The summed E-state index contributed by atoms with van der Waals surface area (Å²) >= 11 is 6.08. The first-order valence-corrected chi connectivity index (χ1v) is 4.93. The van der Waals surface area contributed by atoms with Crippen LogP contribution in [0.2, 0.25) is 5.15 Å². The third-order valence-electron chi connectivity index (χ3n) is 2.21. The van der Waals surface area contributed by atoms with Gasteiger partial charge in [-0.05, 0) is 31.5 Å². The van der Waals surface area contributed by atoms with Gasteiger partial charge in [-0.1, -0.05) is 17.7 Å². The van der Waals surface area contributed by atoms with Crippen LogP contribution in [0.15, 0.2) is 18.3 Å². The van der Waals surface area contributed by atoms with Gasteiger partial charge in [0.25, 0.3) is 0 Å². The van der Waals surface area contributed by atoms with E-state index in [2.05, 4.69) is 4.98 Å². The lowest BCUT2D eigenvalue weighted by molar-refractivity contribution is 0.951. The number of nitrogens with zero attached hydrogens (tertiary/aromatic N) is 2. The second-order valence-electron chi connectivity index (χ2n) is 3.29. The van der Waals surface area contributed by atoms with Crippen LogP contribution in [-0.4, -0.2) is 15.9 Å². The molecule has 2 heterocycles. The molecule has 74 valence electrons. The molecule has 3 nitrogen and oxygen atoms in total. The average Bonchev–Trinajstić information content (AvgIpc) is 2.45. The highest BCUT2D eigenvalue weighted by Crippen LogP contribution is 2.18. The van der Waals surface area contributed by atoms with Crippen molar-refractivity contribution in [2.24, 2.45) is 5.73 Å². The Labute approximate surface area is 87.5 Å². The molecular formula is C10H12ClN3. The molecule has 0 aliphatic rings. The lowest BCUT2D eigenvalue weighted by Crippen LogP contribution is -2.03. The van der Waals surface area contributed by atoms with E-state index in [1.54, 1.807) is 0 Å². The lowest BCUT2D eigenvalue weighted by atomic mass is 10.2. The van der Waals surface area contributed by atoms with E-state index in [1.165, 1.54) is 5.56 Å². The summed E-state index contributed by atoms with van der Waals surface area (Å²) in [6, 6.07) is 3.99. The van der Waals surface area contributed by atoms with Gasteiger partial charge in [-0.3, -0.25) is 4.40 Å². The third kappa shape index (κ3) is 1.49. The smallest absolute Gasteiger partial charge is 0.138 e. The van der Waals surface area contributed by atoms with Gasteiger partial charge in [-0.15, -0.1) is 0 Å². The van der Waals surface area contributed by atoms with E-state index in [1.807, 2.05) is 29.7 Å². The number of pyridine rings is 1. The van der Waals surface area contributed by atoms with Crippen LogP contribution >= 0.6 is 11.6 Å². The number of rotatable bonds is 2. The monoisotopic (exact) mass is 209 g/mol. The Balaban J connectivity index is 2.58. The minimum atomic E-state index is 0.650. The quantitative estimate of drug-likeness (QED) is 0.820. The molecule has 0 aliphatic carbocycles. The van der Waals surface area contributed by atoms with Gasteiger partial charge in [0.05, 0.1) is 5.69 Å². The fourth-order valence-corrected chi connectivity index (χ4v) is 1.67. The first-order chi connectivity index (χ1) is 6.72. The molecule has 0 aliphatic heterocycles. The van der Waals surface area contributed by atoms with E-state index in [-0.39, 0.29) is 0 Å². The molecular weight excluding hydrogens is 198 g/mol. The van der Waals surface area contributed by atoms with E-state index in [4.69, 9.17) is 17.3 Å². The minimum absolute atomic E-state index is 0.650. The molecule has 0 saturated carbocycles. The SMILES string of the molecule is Cc1nc2ccc(CCN)cn2c1Cl. The number of hydrogen-bond acceptors (Lipinski definition) is 2. The van der Waals surface area contributed by atoms with E-state index < -0.39 is 0 Å². The van der Waals surface area contributed by atoms with Crippen molar-refractivity contribution in [1.29, 1.82) is 0 Å². The van der Waals surface area contributed by atoms with Crippen molar-refractivity contribution in [3.63, 3.8) is 0 Å². The molecule has 0 unspecified atom stereocenters. The summed E-state index contributed by atoms with van der Waals surface area (Å²) in [6.45, 7) is 2.55. The standard InChI is InChI=1S/C10H12ClN3/c1-7-10(11)14-6-8(4-5-12)2-3-9(14)13-7/h2-3,6H,4-5,12H2,1H3. The molecule has 0 spiro atoms. The molecule has 4 heteroatoms. The maximum atomic E-state index is 6.08. The van der Waals surface area contributed by atoms with Gasteiger partial charge >= 0.3 is 0 Å². The topological polar surface area (TPSA) is 43.3 Å². The van der Waals surface area contributed by atoms with Gasteiger partial charge in [0.1, 0.15) is 10.8 Å². The largest absolute Gasteiger partial charge is 0.330 e. The van der Waals surface area contributed by atoms with Crippen molar-refractivity contribution in [2.75, 3.05) is 6.54 Å². The second-order valence-corrected chi connectivity index (χ2v) is 3.65. The van der Waals surface area contributed by atoms with E-state index >= 15 is 0 Å². The number of imidazole rings is 1. The van der Waals surface area contributed by atoms with Crippen LogP contribution in [0, 0.1) is 6.92 Å². The highest BCUT2D eigenvalue weighted by atomic mass is 35.5. The van der Waals surface area contributed by atoms with Crippen molar-refractivity contribution in [3.05, 3.63) is 34.7 Å². The highest BCUT2D eigenvalue weighted by Gasteiger charge is 2.05. The third-order valence-corrected chi connectivity index (χ3v) is 2.67. The Morgan fingerprint density at radius 3 is 3.00 bits per heavy atom. The Morgan fingerprint density at radius 2 is 2.29 bits per heavy atom. The number of hydrogen-bond donors (Lipinski definition) is 1. The normalized spacial score (nSPS) is 11.1. The lowest BCUT2D eigenvalue weighted by Gasteiger charge is -2.00. The summed E-state index contributed by atoms with van der Waals surface area (Å²) in [5.41, 5.74) is 8.41. The van der Waals surface area contributed by atoms with Crippen LogP contribution < -0.4 is 5.73 Å². The molecule has 2 aromatic heterocycles. The number of fused-ring (bicyclic) bond motifs is 1. The van der Waals surface area contributed by atoms with Gasteiger partial charge < -0.3 is 5.73 Å². The molecule has 0 fully saturated rings. The Hall–Kier alpha value is -1.06. The average molecular weight is 210 g/mol. The van der Waals surface area contributed by atoms with E-state index in [0.29, 0.717) is 11.7 Å². The molecule has 0 aromatic carbocycles. The van der Waals surface area contributed by atoms with Crippen LogP contribution in [0.25, 0.3) is 5.65 Å². The van der Waals surface area contributed by atoms with Crippen molar-refractivity contribution in [2.45, 2.75) is 13.3 Å². The predicted molar refractivity (Wildman–Crippen MR) is 57.7 cm³/mol. The fraction of sp³-hybridized carbons (Fsp3) is 0.300. The summed E-state index contributed by atoms with van der Waals surface area (Å²) in [6.07, 6.45) is 2.86. The Kier molecular flexibility index (Phi) is 2.44. The highest BCUT2D eigenvalue weighted by molar-refractivity contribution is 6.30. The summed E-state index contributed by atoms with van der Waals surface area (Å²) in [5, 5.41) is 0.680. The van der Waals surface area contributed by atoms with Crippen molar-refractivity contribution >= 4 is 17.2 Å². The van der Waals surface area contributed by atoms with Gasteiger partial charge in [0, 0.05) is 6.20 Å². The summed E-state index contributed by atoms with van der Waals surface area (Å²) in [4.78, 5) is 4.31. The molecule has 2 aromatic rings. The van der Waals surface area contributed by atoms with Crippen LogP contribution in [0.5, 0.6) is 0 Å². The zero-order valence-corrected chi connectivity index (χ0v) is 8.75. The predicted octanol–water partition coefficient (Wildman–Crippen LogP) is 1.80. The van der Waals surface area contributed by atoms with Crippen LogP contribution in [0.1, 0.15) is 11.3 Å². The second kappa shape index (κ2) is 3.59. The van der Waals surface area contributed by atoms with Crippen molar-refractivity contribution < 1.29 is 0 Å². The van der Waals surface area contributed by atoms with Gasteiger partial charge in [0.2, 0.25) is 0 Å². The summed E-state index contributed by atoms with van der Waals surface area (Å²) in [7, 11) is 0. The molecule has 0 saturated heterocycles. The Morgan fingerprint density at radius 1 is 1.50 bits per heavy atom. The zero-order chi connectivity index (χ0) is 10.1. The first-order valence-electron chi connectivity index (χ1n) is 4.55. The number of aromatic nitrogens is 2. The summed E-state index contributed by atoms with van der Waals surface area (Å²) in [5.74, 6) is 0. The first kappa shape index (κ1) is 9.49. The zero-order valence-electron chi connectivity index (χ0n) is 8.00. The van der Waals surface area contributed by atoms with Gasteiger partial charge in [-0.25, -0.2) is 4.98 Å². The van der Waals surface area contributed by atoms with Crippen LogP contribution in [0.3, 0.4) is 0 Å². The van der Waals surface area contributed by atoms with Gasteiger partial charge in [-0.2, -0.15) is 0 Å². The Bertz CT molecular complexity index is 462. The summed E-state index contributed by atoms with van der Waals surface area (Å²) < 4.78 is 1.89. The van der Waals surface area contributed by atoms with E-state index in [0.717, 1.165) is 17.8 Å². The number of nitrogens with two attached hydrogens (primary N) is 1. The molecule has 0 radical (unpaired) electrons. The van der Waals surface area contributed by atoms with Crippen molar-refractivity contribution in [3.8, 4) is 0 Å². The minimum Gasteiger partial charge on any atom is -0.330 e. The van der Waals surface area contributed by atoms with E-state index in [9.17, 15) is 0 Å². The molecule has 2 rings (SSSR count). The molecule has 2 N–H and O–H groups in total. The molecule has 0 amide bonds. The van der Waals surface area contributed by atoms with Crippen LogP contribution in [-0.2, 0) is 6.42 Å². The maximum Gasteiger partial charge on any atom is 0.138 e.